The number of hydrogen-bond acceptors (Lipinski definition) is 5. The minimum Gasteiger partial charge on any atom is -0.496 e. The van der Waals surface area contributed by atoms with Gasteiger partial charge in [0.2, 0.25) is 0 Å². The Labute approximate surface area is 148 Å². The van der Waals surface area contributed by atoms with Crippen molar-refractivity contribution in [3.63, 3.8) is 0 Å². The van der Waals surface area contributed by atoms with Gasteiger partial charge in [0, 0.05) is 5.56 Å². The SMILES string of the molecule is CCCOC(=O)/C(C#N)=C1\CC(C)(C)c2cc(C(C)O)c(OC)cc21. The van der Waals surface area contributed by atoms with Crippen LogP contribution in [0.25, 0.3) is 5.57 Å². The maximum absolute atomic E-state index is 12.3. The molecule has 5 heteroatoms. The highest BCUT2D eigenvalue weighted by Crippen LogP contribution is 2.49. The van der Waals surface area contributed by atoms with Crippen LogP contribution in [0.5, 0.6) is 5.75 Å². The van der Waals surface area contributed by atoms with Crippen molar-refractivity contribution in [1.29, 1.82) is 5.26 Å². The Hall–Kier alpha value is -2.32. The fourth-order valence-corrected chi connectivity index (χ4v) is 3.27. The normalized spacial score (nSPS) is 18.1. The predicted octanol–water partition coefficient (Wildman–Crippen LogP) is 3.66. The molecule has 2 rings (SSSR count). The molecule has 1 atom stereocenters. The molecule has 134 valence electrons. The highest BCUT2D eigenvalue weighted by molar-refractivity contribution is 6.03. The molecule has 25 heavy (non-hydrogen) atoms. The Morgan fingerprint density at radius 1 is 1.44 bits per heavy atom. The Morgan fingerprint density at radius 2 is 2.12 bits per heavy atom. The van der Waals surface area contributed by atoms with Crippen molar-refractivity contribution in [2.24, 2.45) is 0 Å². The van der Waals surface area contributed by atoms with Crippen molar-refractivity contribution in [1.82, 2.24) is 0 Å². The fourth-order valence-electron chi connectivity index (χ4n) is 3.27. The van der Waals surface area contributed by atoms with Crippen LogP contribution in [0.2, 0.25) is 0 Å². The zero-order valence-electron chi connectivity index (χ0n) is 15.5. The molecule has 1 unspecified atom stereocenters. The smallest absolute Gasteiger partial charge is 0.349 e. The summed E-state index contributed by atoms with van der Waals surface area (Å²) >= 11 is 0. The van der Waals surface area contributed by atoms with Crippen LogP contribution < -0.4 is 4.74 Å². The molecule has 1 aromatic carbocycles. The summed E-state index contributed by atoms with van der Waals surface area (Å²) in [5.41, 5.74) is 2.98. The summed E-state index contributed by atoms with van der Waals surface area (Å²) < 4.78 is 10.6. The van der Waals surface area contributed by atoms with Gasteiger partial charge in [-0.3, -0.25) is 0 Å². The van der Waals surface area contributed by atoms with Crippen molar-refractivity contribution < 1.29 is 19.4 Å². The van der Waals surface area contributed by atoms with Gasteiger partial charge < -0.3 is 14.6 Å². The lowest BCUT2D eigenvalue weighted by Crippen LogP contribution is -2.13. The largest absolute Gasteiger partial charge is 0.496 e. The Kier molecular flexibility index (Phi) is 5.54. The number of fused-ring (bicyclic) bond motifs is 1. The standard InChI is InChI=1S/C20H25NO4/c1-6-7-25-19(23)16(11-21)15-10-20(3,4)17-8-13(12(2)22)18(24-5)9-14(15)17/h8-9,12,22H,6-7,10H2,1-5H3/b16-15+. The summed E-state index contributed by atoms with van der Waals surface area (Å²) in [4.78, 5) is 12.3. The van der Waals surface area contributed by atoms with E-state index in [1.165, 1.54) is 7.11 Å². The van der Waals surface area contributed by atoms with Crippen LogP contribution in [-0.4, -0.2) is 24.8 Å². The molecule has 0 aliphatic heterocycles. The maximum atomic E-state index is 12.3. The molecule has 0 aromatic heterocycles. The third-order valence-electron chi connectivity index (χ3n) is 4.55. The first-order valence-electron chi connectivity index (χ1n) is 8.48. The van der Waals surface area contributed by atoms with Gasteiger partial charge >= 0.3 is 5.97 Å². The lowest BCUT2D eigenvalue weighted by atomic mass is 9.85. The highest BCUT2D eigenvalue weighted by atomic mass is 16.5. The lowest BCUT2D eigenvalue weighted by Gasteiger charge is -2.21. The predicted molar refractivity (Wildman–Crippen MR) is 95.1 cm³/mol. The molecule has 1 N–H and O–H groups in total. The van der Waals surface area contributed by atoms with Gasteiger partial charge in [-0.25, -0.2) is 4.79 Å². The topological polar surface area (TPSA) is 79.6 Å². The van der Waals surface area contributed by atoms with Crippen LogP contribution in [-0.2, 0) is 14.9 Å². The Bertz CT molecular complexity index is 754. The summed E-state index contributed by atoms with van der Waals surface area (Å²) in [5, 5.41) is 19.6. The molecule has 0 saturated carbocycles. The second kappa shape index (κ2) is 7.28. The number of ether oxygens (including phenoxy) is 2. The number of aliphatic hydroxyl groups is 1. The lowest BCUT2D eigenvalue weighted by molar-refractivity contribution is -0.138. The van der Waals surface area contributed by atoms with E-state index in [1.807, 2.05) is 25.1 Å². The van der Waals surface area contributed by atoms with E-state index in [0.29, 0.717) is 29.7 Å². The molecule has 5 nitrogen and oxygen atoms in total. The second-order valence-corrected chi connectivity index (χ2v) is 6.98. The molecule has 1 aliphatic carbocycles. The number of aliphatic hydroxyl groups excluding tert-OH is 1. The first-order chi connectivity index (χ1) is 11.8. The van der Waals surface area contributed by atoms with E-state index in [4.69, 9.17) is 9.47 Å². The van der Waals surface area contributed by atoms with Crippen LogP contribution >= 0.6 is 0 Å². The number of nitrogens with zero attached hydrogens (tertiary/aromatic N) is 1. The molecule has 0 fully saturated rings. The number of allylic oxidation sites excluding steroid dienone is 1. The van der Waals surface area contributed by atoms with Gasteiger partial charge in [0.15, 0.2) is 0 Å². The second-order valence-electron chi connectivity index (χ2n) is 6.98. The molecule has 0 radical (unpaired) electrons. The van der Waals surface area contributed by atoms with E-state index >= 15 is 0 Å². The average molecular weight is 343 g/mol. The minimum absolute atomic E-state index is 0.0483. The summed E-state index contributed by atoms with van der Waals surface area (Å²) in [6, 6.07) is 5.75. The van der Waals surface area contributed by atoms with E-state index in [1.54, 1.807) is 6.92 Å². The number of nitriles is 1. The van der Waals surface area contributed by atoms with Crippen molar-refractivity contribution >= 4 is 11.5 Å². The van der Waals surface area contributed by atoms with E-state index < -0.39 is 12.1 Å². The third-order valence-corrected chi connectivity index (χ3v) is 4.55. The van der Waals surface area contributed by atoms with Gasteiger partial charge in [-0.2, -0.15) is 5.26 Å². The third kappa shape index (κ3) is 3.54. The summed E-state index contributed by atoms with van der Waals surface area (Å²) in [7, 11) is 1.54. The number of benzene rings is 1. The molecule has 1 aliphatic rings. The molecule has 0 saturated heterocycles. The molecule has 0 heterocycles. The van der Waals surface area contributed by atoms with E-state index in [9.17, 15) is 15.2 Å². The number of esters is 1. The molecule has 0 amide bonds. The van der Waals surface area contributed by atoms with Crippen LogP contribution in [0.3, 0.4) is 0 Å². The molecular weight excluding hydrogens is 318 g/mol. The van der Waals surface area contributed by atoms with E-state index in [0.717, 1.165) is 11.1 Å². The van der Waals surface area contributed by atoms with Crippen LogP contribution in [0, 0.1) is 11.3 Å². The Balaban J connectivity index is 2.66. The summed E-state index contributed by atoms with van der Waals surface area (Å²) in [6.07, 6.45) is 0.584. The van der Waals surface area contributed by atoms with Gasteiger partial charge in [-0.05, 0) is 54.0 Å². The van der Waals surface area contributed by atoms with Gasteiger partial charge in [-0.1, -0.05) is 20.8 Å². The number of methoxy groups -OCH3 is 1. The van der Waals surface area contributed by atoms with Crippen LogP contribution in [0.4, 0.5) is 0 Å². The number of hydrogen-bond donors (Lipinski definition) is 1. The van der Waals surface area contributed by atoms with Crippen LogP contribution in [0.15, 0.2) is 17.7 Å². The average Bonchev–Trinajstić information content (AvgIpc) is 2.83. The monoisotopic (exact) mass is 343 g/mol. The number of rotatable bonds is 5. The number of carbonyl (C=O) groups excluding carboxylic acids is 1. The van der Waals surface area contributed by atoms with Crippen molar-refractivity contribution in [3.8, 4) is 11.8 Å². The fraction of sp³-hybridized carbons (Fsp3) is 0.500. The van der Waals surface area contributed by atoms with Crippen molar-refractivity contribution in [2.75, 3.05) is 13.7 Å². The van der Waals surface area contributed by atoms with E-state index in [2.05, 4.69) is 13.8 Å². The highest BCUT2D eigenvalue weighted by Gasteiger charge is 2.37. The quantitative estimate of drug-likeness (QED) is 0.501. The molecule has 0 bridgehead atoms. The van der Waals surface area contributed by atoms with Gasteiger partial charge in [0.05, 0.1) is 19.8 Å². The minimum atomic E-state index is -0.672. The van der Waals surface area contributed by atoms with Crippen molar-refractivity contribution in [2.45, 2.75) is 52.1 Å². The maximum Gasteiger partial charge on any atom is 0.349 e. The summed E-state index contributed by atoms with van der Waals surface area (Å²) in [6.45, 7) is 8.00. The van der Waals surface area contributed by atoms with Crippen LogP contribution in [0.1, 0.15) is 63.3 Å². The summed E-state index contributed by atoms with van der Waals surface area (Å²) in [5.74, 6) is -0.0373. The molecular formula is C20H25NO4. The molecule has 1 aromatic rings. The van der Waals surface area contributed by atoms with Gasteiger partial charge in [0.25, 0.3) is 0 Å². The van der Waals surface area contributed by atoms with Crippen molar-refractivity contribution in [3.05, 3.63) is 34.4 Å². The zero-order chi connectivity index (χ0) is 18.8. The first kappa shape index (κ1) is 19.0. The number of carbonyl (C=O) groups is 1. The molecule has 0 spiro atoms. The first-order valence-corrected chi connectivity index (χ1v) is 8.48. The zero-order valence-corrected chi connectivity index (χ0v) is 15.5. The van der Waals surface area contributed by atoms with E-state index in [-0.39, 0.29) is 17.6 Å². The van der Waals surface area contributed by atoms with Gasteiger partial charge in [-0.15, -0.1) is 0 Å². The van der Waals surface area contributed by atoms with Gasteiger partial charge in [0.1, 0.15) is 17.4 Å². The Morgan fingerprint density at radius 3 is 2.64 bits per heavy atom.